The fourth-order valence-corrected chi connectivity index (χ4v) is 4.40. The van der Waals surface area contributed by atoms with Crippen molar-refractivity contribution in [2.24, 2.45) is 0 Å². The van der Waals surface area contributed by atoms with Crippen molar-refractivity contribution >= 4 is 33.2 Å². The number of rotatable bonds is 8. The number of carbonyl (C=O) groups excluding carboxylic acids is 1. The van der Waals surface area contributed by atoms with Gasteiger partial charge in [0.2, 0.25) is 10.0 Å². The molecule has 1 heterocycles. The number of carbonyl (C=O) groups is 1. The van der Waals surface area contributed by atoms with Crippen molar-refractivity contribution < 1.29 is 22.4 Å². The Hall–Kier alpha value is -2.81. The van der Waals surface area contributed by atoms with Crippen LogP contribution in [0.1, 0.15) is 24.2 Å². The molecule has 158 valence electrons. The second kappa shape index (κ2) is 9.34. The first-order valence-electron chi connectivity index (χ1n) is 9.26. The van der Waals surface area contributed by atoms with E-state index in [1.54, 1.807) is 38.1 Å². The molecule has 3 rings (SSSR count). The van der Waals surface area contributed by atoms with Crippen molar-refractivity contribution in [2.75, 3.05) is 18.4 Å². The third-order valence-corrected chi connectivity index (χ3v) is 6.67. The number of ether oxygens (including phenoxy) is 1. The number of hydrogen-bond acceptors (Lipinski definition) is 5. The Bertz CT molecular complexity index is 1110. The first-order valence-corrected chi connectivity index (χ1v) is 11.1. The molecule has 3 aromatic rings. The molecule has 1 aromatic heterocycles. The lowest BCUT2D eigenvalue weighted by molar-refractivity contribution is 0.102. The summed E-state index contributed by atoms with van der Waals surface area (Å²) in [6.07, 6.45) is 2.67. The Kier molecular flexibility index (Phi) is 6.81. The average Bonchev–Trinajstić information content (AvgIpc) is 3.26. The van der Waals surface area contributed by atoms with E-state index >= 15 is 0 Å². The van der Waals surface area contributed by atoms with Crippen molar-refractivity contribution in [3.63, 3.8) is 0 Å². The molecule has 1 N–H and O–H groups in total. The fourth-order valence-electron chi connectivity index (χ4n) is 2.79. The monoisotopic (exact) mass is 448 g/mol. The highest BCUT2D eigenvalue weighted by Crippen LogP contribution is 2.33. The highest BCUT2D eigenvalue weighted by atomic mass is 35.5. The molecule has 1 amide bonds. The van der Waals surface area contributed by atoms with Gasteiger partial charge in [-0.25, -0.2) is 8.42 Å². The fraction of sp³-hybridized carbons (Fsp3) is 0.190. The minimum Gasteiger partial charge on any atom is -0.472 e. The van der Waals surface area contributed by atoms with Gasteiger partial charge in [-0.2, -0.15) is 4.31 Å². The number of anilines is 1. The zero-order valence-corrected chi connectivity index (χ0v) is 18.0. The topological polar surface area (TPSA) is 88.9 Å². The molecule has 0 atom stereocenters. The number of benzene rings is 2. The van der Waals surface area contributed by atoms with Crippen molar-refractivity contribution in [3.05, 3.63) is 71.6 Å². The van der Waals surface area contributed by atoms with E-state index in [4.69, 9.17) is 20.8 Å². The first-order chi connectivity index (χ1) is 14.3. The average molecular weight is 449 g/mol. The first kappa shape index (κ1) is 21.9. The third kappa shape index (κ3) is 4.84. The van der Waals surface area contributed by atoms with Gasteiger partial charge >= 0.3 is 0 Å². The Morgan fingerprint density at radius 3 is 2.40 bits per heavy atom. The lowest BCUT2D eigenvalue weighted by Crippen LogP contribution is -2.30. The summed E-state index contributed by atoms with van der Waals surface area (Å²) < 4.78 is 38.0. The maximum atomic E-state index is 12.9. The van der Waals surface area contributed by atoms with Crippen molar-refractivity contribution in [2.45, 2.75) is 18.7 Å². The number of nitrogens with zero attached hydrogens (tertiary/aromatic N) is 1. The van der Waals surface area contributed by atoms with Crippen LogP contribution >= 0.6 is 11.6 Å². The quantitative estimate of drug-likeness (QED) is 0.523. The van der Waals surface area contributed by atoms with Gasteiger partial charge in [0.05, 0.1) is 22.4 Å². The highest BCUT2D eigenvalue weighted by molar-refractivity contribution is 7.89. The summed E-state index contributed by atoms with van der Waals surface area (Å²) in [4.78, 5) is 12.6. The van der Waals surface area contributed by atoms with E-state index in [1.807, 2.05) is 0 Å². The molecular formula is C21H21ClN2O5S. The van der Waals surface area contributed by atoms with Gasteiger partial charge < -0.3 is 14.5 Å². The van der Waals surface area contributed by atoms with Crippen LogP contribution in [0.5, 0.6) is 11.5 Å². The molecule has 0 unspecified atom stereocenters. The second-order valence-corrected chi connectivity index (χ2v) is 8.64. The lowest BCUT2D eigenvalue weighted by Gasteiger charge is -2.20. The summed E-state index contributed by atoms with van der Waals surface area (Å²) in [6.45, 7) is 4.19. The van der Waals surface area contributed by atoms with Crippen LogP contribution in [0, 0.1) is 0 Å². The molecule has 7 nitrogen and oxygen atoms in total. The molecule has 30 heavy (non-hydrogen) atoms. The summed E-state index contributed by atoms with van der Waals surface area (Å²) >= 11 is 5.91. The molecule has 0 radical (unpaired) electrons. The minimum absolute atomic E-state index is 0.0529. The molecule has 0 spiro atoms. The van der Waals surface area contributed by atoms with Crippen LogP contribution < -0.4 is 10.1 Å². The van der Waals surface area contributed by atoms with Crippen LogP contribution in [-0.4, -0.2) is 31.7 Å². The van der Waals surface area contributed by atoms with Crippen LogP contribution in [0.15, 0.2) is 70.4 Å². The largest absolute Gasteiger partial charge is 0.472 e. The van der Waals surface area contributed by atoms with E-state index in [0.717, 1.165) is 0 Å². The SMILES string of the molecule is CCN(CC)S(=O)(=O)c1ccc(Oc2ccc(Cl)cc2)c(NC(=O)c2ccoc2)c1. The Morgan fingerprint density at radius 1 is 1.10 bits per heavy atom. The summed E-state index contributed by atoms with van der Waals surface area (Å²) in [5.74, 6) is 0.312. The number of furan rings is 1. The van der Waals surface area contributed by atoms with E-state index in [-0.39, 0.29) is 16.3 Å². The number of nitrogens with one attached hydrogen (secondary N) is 1. The Balaban J connectivity index is 2.00. The van der Waals surface area contributed by atoms with E-state index < -0.39 is 15.9 Å². The van der Waals surface area contributed by atoms with Gasteiger partial charge in [0.1, 0.15) is 12.0 Å². The molecular weight excluding hydrogens is 428 g/mol. The number of hydrogen-bond donors (Lipinski definition) is 1. The van der Waals surface area contributed by atoms with Crippen molar-refractivity contribution in [1.29, 1.82) is 0 Å². The summed E-state index contributed by atoms with van der Waals surface area (Å²) in [5, 5.41) is 3.25. The molecule has 0 aliphatic rings. The molecule has 2 aromatic carbocycles. The van der Waals surface area contributed by atoms with Gasteiger partial charge in [-0.15, -0.1) is 0 Å². The van der Waals surface area contributed by atoms with Gasteiger partial charge in [0, 0.05) is 18.1 Å². The van der Waals surface area contributed by atoms with Crippen LogP contribution in [0.25, 0.3) is 0 Å². The zero-order valence-electron chi connectivity index (χ0n) is 16.5. The van der Waals surface area contributed by atoms with E-state index in [0.29, 0.717) is 29.4 Å². The van der Waals surface area contributed by atoms with Crippen molar-refractivity contribution in [3.8, 4) is 11.5 Å². The maximum absolute atomic E-state index is 12.9. The van der Waals surface area contributed by atoms with Crippen LogP contribution in [0.2, 0.25) is 5.02 Å². The maximum Gasteiger partial charge on any atom is 0.259 e. The van der Waals surface area contributed by atoms with Gasteiger partial charge in [-0.1, -0.05) is 25.4 Å². The number of sulfonamides is 1. The summed E-state index contributed by atoms with van der Waals surface area (Å²) in [7, 11) is -3.72. The number of halogens is 1. The third-order valence-electron chi connectivity index (χ3n) is 4.37. The predicted molar refractivity (Wildman–Crippen MR) is 115 cm³/mol. The van der Waals surface area contributed by atoms with Crippen LogP contribution in [0.3, 0.4) is 0 Å². The molecule has 0 fully saturated rings. The second-order valence-electron chi connectivity index (χ2n) is 6.27. The smallest absolute Gasteiger partial charge is 0.259 e. The van der Waals surface area contributed by atoms with Crippen molar-refractivity contribution in [1.82, 2.24) is 4.31 Å². The highest BCUT2D eigenvalue weighted by Gasteiger charge is 2.24. The Labute approximate surface area is 180 Å². The number of amides is 1. The van der Waals surface area contributed by atoms with Gasteiger partial charge in [0.15, 0.2) is 5.75 Å². The molecule has 9 heteroatoms. The minimum atomic E-state index is -3.72. The van der Waals surface area contributed by atoms with E-state index in [1.165, 1.54) is 41.1 Å². The summed E-state index contributed by atoms with van der Waals surface area (Å²) in [5.41, 5.74) is 0.508. The predicted octanol–water partition coefficient (Wildman–Crippen LogP) is 5.01. The van der Waals surface area contributed by atoms with Crippen LogP contribution in [-0.2, 0) is 10.0 Å². The standard InChI is InChI=1S/C21H21ClN2O5S/c1-3-24(4-2)30(26,27)18-9-10-20(29-17-7-5-16(22)6-8-17)19(13-18)23-21(25)15-11-12-28-14-15/h5-14H,3-4H2,1-2H3,(H,23,25). The van der Waals surface area contributed by atoms with Gasteiger partial charge in [0.25, 0.3) is 5.91 Å². The molecule has 0 aliphatic carbocycles. The Morgan fingerprint density at radius 2 is 1.80 bits per heavy atom. The summed E-state index contributed by atoms with van der Waals surface area (Å²) in [6, 6.07) is 12.5. The van der Waals surface area contributed by atoms with E-state index in [9.17, 15) is 13.2 Å². The van der Waals surface area contributed by atoms with Gasteiger partial charge in [-0.3, -0.25) is 4.79 Å². The van der Waals surface area contributed by atoms with E-state index in [2.05, 4.69) is 5.32 Å². The molecule has 0 aliphatic heterocycles. The molecule has 0 saturated carbocycles. The molecule has 0 saturated heterocycles. The zero-order chi connectivity index (χ0) is 21.7. The molecule has 0 bridgehead atoms. The van der Waals surface area contributed by atoms with Crippen LogP contribution in [0.4, 0.5) is 5.69 Å². The normalized spacial score (nSPS) is 11.5. The lowest BCUT2D eigenvalue weighted by atomic mass is 10.2. The van der Waals surface area contributed by atoms with Gasteiger partial charge in [-0.05, 0) is 48.5 Å².